The fourth-order valence-electron chi connectivity index (χ4n) is 4.21. The van der Waals surface area contributed by atoms with Crippen molar-refractivity contribution in [2.75, 3.05) is 11.9 Å². The molecule has 7 nitrogen and oxygen atoms in total. The zero-order chi connectivity index (χ0) is 26.4. The Morgan fingerprint density at radius 1 is 1.22 bits per heavy atom. The zero-order valence-electron chi connectivity index (χ0n) is 19.0. The van der Waals surface area contributed by atoms with E-state index in [0.29, 0.717) is 17.2 Å². The maximum Gasteiger partial charge on any atom is 0.419 e. The number of sulfonamides is 1. The molecule has 0 fully saturated rings. The number of rotatable bonds is 5. The number of aryl methyl sites for hydroxylation is 2. The lowest BCUT2D eigenvalue weighted by atomic mass is 9.98. The van der Waals surface area contributed by atoms with Crippen LogP contribution in [0, 0.1) is 19.7 Å². The number of alkyl halides is 3. The Kier molecular flexibility index (Phi) is 6.88. The number of hydrogen-bond acceptors (Lipinski definition) is 5. The predicted molar refractivity (Wildman–Crippen MR) is 122 cm³/mol. The van der Waals surface area contributed by atoms with Crippen molar-refractivity contribution < 1.29 is 35.3 Å². The van der Waals surface area contributed by atoms with Crippen LogP contribution in [-0.4, -0.2) is 30.3 Å². The Balaban J connectivity index is 1.57. The summed E-state index contributed by atoms with van der Waals surface area (Å²) in [6.45, 7) is 3.10. The largest absolute Gasteiger partial charge is 0.419 e. The van der Waals surface area contributed by atoms with Crippen molar-refractivity contribution in [2.45, 2.75) is 44.3 Å². The normalized spacial score (nSPS) is 14.5. The van der Waals surface area contributed by atoms with Gasteiger partial charge in [0.05, 0.1) is 22.7 Å². The Labute approximate surface area is 209 Å². The lowest BCUT2D eigenvalue weighted by Crippen LogP contribution is -2.37. The molecule has 3 aromatic rings. The number of carbonyl (C=O) groups excluding carboxylic acids is 1. The number of fused-ring (bicyclic) bond motifs is 1. The Bertz CT molecular complexity index is 1430. The molecule has 13 heteroatoms. The second-order valence-electron chi connectivity index (χ2n) is 8.30. The van der Waals surface area contributed by atoms with E-state index in [0.717, 1.165) is 12.1 Å². The van der Waals surface area contributed by atoms with E-state index in [9.17, 15) is 30.8 Å². The first-order valence-corrected chi connectivity index (χ1v) is 12.5. The number of halogens is 5. The van der Waals surface area contributed by atoms with Gasteiger partial charge in [0.2, 0.25) is 15.9 Å². The van der Waals surface area contributed by atoms with Crippen molar-refractivity contribution in [3.05, 3.63) is 74.9 Å². The van der Waals surface area contributed by atoms with Crippen LogP contribution in [0.4, 0.5) is 23.2 Å². The van der Waals surface area contributed by atoms with Crippen molar-refractivity contribution in [1.29, 1.82) is 0 Å². The first kappa shape index (κ1) is 26.1. The topological polar surface area (TPSA) is 92.5 Å². The third-order valence-electron chi connectivity index (χ3n) is 5.88. The van der Waals surface area contributed by atoms with Gasteiger partial charge in [-0.3, -0.25) is 4.79 Å². The average Bonchev–Trinajstić information content (AvgIpc) is 3.14. The van der Waals surface area contributed by atoms with E-state index in [1.165, 1.54) is 24.2 Å². The number of benzene rings is 2. The quantitative estimate of drug-likeness (QED) is 0.454. The van der Waals surface area contributed by atoms with Crippen molar-refractivity contribution in [3.63, 3.8) is 0 Å². The maximum absolute atomic E-state index is 14.3. The van der Waals surface area contributed by atoms with E-state index in [1.54, 1.807) is 6.07 Å². The highest BCUT2D eigenvalue weighted by Gasteiger charge is 2.36. The number of anilines is 1. The van der Waals surface area contributed by atoms with Crippen molar-refractivity contribution >= 4 is 33.2 Å². The van der Waals surface area contributed by atoms with Gasteiger partial charge in [0.25, 0.3) is 0 Å². The summed E-state index contributed by atoms with van der Waals surface area (Å²) in [6.07, 6.45) is -5.34. The summed E-state index contributed by atoms with van der Waals surface area (Å²) in [5.41, 5.74) is -0.250. The molecule has 1 aliphatic rings. The van der Waals surface area contributed by atoms with E-state index in [2.05, 4.69) is 10.5 Å². The fraction of sp³-hybridized carbons (Fsp3) is 0.304. The molecule has 2 aromatic carbocycles. The molecule has 0 radical (unpaired) electrons. The number of nitrogens with zero attached hydrogens (tertiary/aromatic N) is 2. The number of aromatic nitrogens is 1. The van der Waals surface area contributed by atoms with Crippen LogP contribution in [-0.2, 0) is 40.4 Å². The number of amides is 1. The smallest absolute Gasteiger partial charge is 0.360 e. The van der Waals surface area contributed by atoms with Crippen LogP contribution in [0.25, 0.3) is 0 Å². The molecule has 0 saturated carbocycles. The molecule has 192 valence electrons. The Morgan fingerprint density at radius 3 is 2.58 bits per heavy atom. The maximum atomic E-state index is 14.3. The Hall–Kier alpha value is -2.96. The van der Waals surface area contributed by atoms with Gasteiger partial charge < -0.3 is 9.84 Å². The molecule has 0 aliphatic carbocycles. The second kappa shape index (κ2) is 9.49. The molecule has 0 spiro atoms. The van der Waals surface area contributed by atoms with Gasteiger partial charge in [-0.05, 0) is 49.1 Å². The van der Waals surface area contributed by atoms with Gasteiger partial charge in [-0.2, -0.15) is 17.5 Å². The molecule has 36 heavy (non-hydrogen) atoms. The van der Waals surface area contributed by atoms with Crippen LogP contribution in [0.2, 0.25) is 5.02 Å². The molecule has 1 aliphatic heterocycles. The van der Waals surface area contributed by atoms with E-state index >= 15 is 0 Å². The molecule has 0 unspecified atom stereocenters. The lowest BCUT2D eigenvalue weighted by Gasteiger charge is -2.29. The first-order chi connectivity index (χ1) is 16.8. The highest BCUT2D eigenvalue weighted by Crippen LogP contribution is 2.36. The summed E-state index contributed by atoms with van der Waals surface area (Å²) in [6, 6.07) is 5.84. The third-order valence-corrected chi connectivity index (χ3v) is 8.29. The molecular formula is C23H20ClF4N3O4S. The highest BCUT2D eigenvalue weighted by molar-refractivity contribution is 7.89. The summed E-state index contributed by atoms with van der Waals surface area (Å²) in [4.78, 5) is 12.6. The van der Waals surface area contributed by atoms with Crippen LogP contribution in [0.3, 0.4) is 0 Å². The minimum Gasteiger partial charge on any atom is -0.360 e. The standard InChI is InChI=1S/C23H20ClF4N3O4S/c1-12-22(13(2)35-30-12)36(33,34)31-9-8-16-15(11-31)6-7-18(24)21(16)29-19(32)10-14-4-3-5-17(20(14)25)23(26,27)28/h3-7H,8-11H2,1-2H3,(H,29,32). The molecule has 0 saturated heterocycles. The van der Waals surface area contributed by atoms with Crippen molar-refractivity contribution in [3.8, 4) is 0 Å². The van der Waals surface area contributed by atoms with Gasteiger partial charge in [0, 0.05) is 13.1 Å². The van der Waals surface area contributed by atoms with Crippen molar-refractivity contribution in [1.82, 2.24) is 9.46 Å². The van der Waals surface area contributed by atoms with Crippen LogP contribution < -0.4 is 5.32 Å². The van der Waals surface area contributed by atoms with E-state index in [1.807, 2.05) is 0 Å². The third kappa shape index (κ3) is 4.84. The summed E-state index contributed by atoms with van der Waals surface area (Å²) < 4.78 is 85.9. The van der Waals surface area contributed by atoms with Crippen LogP contribution >= 0.6 is 11.6 Å². The molecule has 2 heterocycles. The monoisotopic (exact) mass is 545 g/mol. The van der Waals surface area contributed by atoms with Gasteiger partial charge in [0.1, 0.15) is 16.4 Å². The van der Waals surface area contributed by atoms with E-state index in [-0.39, 0.29) is 46.6 Å². The molecule has 0 atom stereocenters. The molecular weight excluding hydrogens is 526 g/mol. The first-order valence-electron chi connectivity index (χ1n) is 10.7. The van der Waals surface area contributed by atoms with E-state index < -0.39 is 45.5 Å². The van der Waals surface area contributed by atoms with Gasteiger partial charge in [0.15, 0.2) is 5.76 Å². The Morgan fingerprint density at radius 2 is 1.94 bits per heavy atom. The number of carbonyl (C=O) groups is 1. The highest BCUT2D eigenvalue weighted by atomic mass is 35.5. The SMILES string of the molecule is Cc1noc(C)c1S(=O)(=O)N1CCc2c(ccc(Cl)c2NC(=O)Cc2cccc(C(F)(F)F)c2F)C1. The van der Waals surface area contributed by atoms with Gasteiger partial charge >= 0.3 is 6.18 Å². The minimum atomic E-state index is -4.89. The minimum absolute atomic E-state index is 0.00319. The second-order valence-corrected chi connectivity index (χ2v) is 10.6. The van der Waals surface area contributed by atoms with E-state index in [4.69, 9.17) is 16.1 Å². The molecule has 0 bridgehead atoms. The molecule has 1 aromatic heterocycles. The van der Waals surface area contributed by atoms with Crippen LogP contribution in [0.5, 0.6) is 0 Å². The van der Waals surface area contributed by atoms with Gasteiger partial charge in [-0.1, -0.05) is 35.0 Å². The summed E-state index contributed by atoms with van der Waals surface area (Å²) in [5, 5.41) is 6.43. The lowest BCUT2D eigenvalue weighted by molar-refractivity contribution is -0.140. The summed E-state index contributed by atoms with van der Waals surface area (Å²) >= 11 is 6.28. The molecule has 1 N–H and O–H groups in total. The van der Waals surface area contributed by atoms with Crippen molar-refractivity contribution in [2.24, 2.45) is 0 Å². The number of nitrogens with one attached hydrogen (secondary N) is 1. The zero-order valence-corrected chi connectivity index (χ0v) is 20.6. The molecule has 4 rings (SSSR count). The average molecular weight is 546 g/mol. The van der Waals surface area contributed by atoms with Gasteiger partial charge in [-0.15, -0.1) is 0 Å². The summed E-state index contributed by atoms with van der Waals surface area (Å²) in [7, 11) is -3.91. The van der Waals surface area contributed by atoms with Crippen LogP contribution in [0.1, 0.15) is 33.7 Å². The predicted octanol–water partition coefficient (Wildman–Crippen LogP) is 5.03. The number of hydrogen-bond donors (Lipinski definition) is 1. The summed E-state index contributed by atoms with van der Waals surface area (Å²) in [5.74, 6) is -2.11. The van der Waals surface area contributed by atoms with Gasteiger partial charge in [-0.25, -0.2) is 12.8 Å². The fourth-order valence-corrected chi connectivity index (χ4v) is 6.14. The molecule has 1 amide bonds. The van der Waals surface area contributed by atoms with Crippen LogP contribution in [0.15, 0.2) is 39.8 Å².